The fourth-order valence-electron chi connectivity index (χ4n) is 4.64. The molecule has 1 saturated heterocycles. The van der Waals surface area contributed by atoms with Crippen LogP contribution in [0.3, 0.4) is 0 Å². The van der Waals surface area contributed by atoms with E-state index in [-0.39, 0.29) is 5.92 Å². The number of hydrogen-bond acceptors (Lipinski definition) is 4. The van der Waals surface area contributed by atoms with Crippen molar-refractivity contribution in [2.45, 2.75) is 37.8 Å². The Hall–Kier alpha value is -1.55. The first-order valence-electron chi connectivity index (χ1n) is 7.50. The molecule has 4 aliphatic rings. The maximum atomic E-state index is 12.1. The van der Waals surface area contributed by atoms with Crippen molar-refractivity contribution in [1.82, 2.24) is 4.90 Å². The average molecular weight is 271 g/mol. The molecule has 3 atom stereocenters. The van der Waals surface area contributed by atoms with E-state index in [4.69, 9.17) is 9.47 Å². The summed E-state index contributed by atoms with van der Waals surface area (Å²) in [5.41, 5.74) is 2.76. The molecule has 0 unspecified atom stereocenters. The SMILES string of the molecule is O=C1CC[C@@H]2c3cc4c(cc3CN3CC[C@@H]1[C@@H]23)OCO4. The second-order valence-corrected chi connectivity index (χ2v) is 6.37. The van der Waals surface area contributed by atoms with Crippen molar-refractivity contribution in [3.63, 3.8) is 0 Å². The molecule has 1 aromatic rings. The van der Waals surface area contributed by atoms with Gasteiger partial charge in [-0.05, 0) is 42.6 Å². The molecular formula is C16H17NO3. The average Bonchev–Trinajstić information content (AvgIpc) is 3.07. The van der Waals surface area contributed by atoms with E-state index in [2.05, 4.69) is 17.0 Å². The van der Waals surface area contributed by atoms with E-state index in [0.29, 0.717) is 24.5 Å². The zero-order valence-corrected chi connectivity index (χ0v) is 11.3. The van der Waals surface area contributed by atoms with Gasteiger partial charge in [-0.15, -0.1) is 0 Å². The van der Waals surface area contributed by atoms with E-state index < -0.39 is 0 Å². The van der Waals surface area contributed by atoms with E-state index in [0.717, 1.165) is 43.9 Å². The van der Waals surface area contributed by atoms with E-state index >= 15 is 0 Å². The predicted octanol–water partition coefficient (Wildman–Crippen LogP) is 2.07. The van der Waals surface area contributed by atoms with Crippen LogP contribution in [0.1, 0.15) is 36.3 Å². The fourth-order valence-corrected chi connectivity index (χ4v) is 4.64. The Kier molecular flexibility index (Phi) is 2.09. The molecule has 1 saturated carbocycles. The van der Waals surface area contributed by atoms with Crippen molar-refractivity contribution >= 4 is 5.78 Å². The minimum Gasteiger partial charge on any atom is -0.454 e. The number of ether oxygens (including phenoxy) is 2. The van der Waals surface area contributed by atoms with E-state index in [1.807, 2.05) is 0 Å². The van der Waals surface area contributed by atoms with Gasteiger partial charge in [-0.2, -0.15) is 0 Å². The maximum absolute atomic E-state index is 12.1. The first kappa shape index (κ1) is 11.1. The van der Waals surface area contributed by atoms with Crippen LogP contribution >= 0.6 is 0 Å². The number of nitrogens with zero attached hydrogens (tertiary/aromatic N) is 1. The Balaban J connectivity index is 1.64. The second kappa shape index (κ2) is 3.76. The van der Waals surface area contributed by atoms with Gasteiger partial charge in [-0.25, -0.2) is 0 Å². The lowest BCUT2D eigenvalue weighted by Crippen LogP contribution is -2.46. The Morgan fingerprint density at radius 3 is 2.85 bits per heavy atom. The third-order valence-electron chi connectivity index (χ3n) is 5.50. The largest absolute Gasteiger partial charge is 0.454 e. The molecule has 4 nitrogen and oxygen atoms in total. The summed E-state index contributed by atoms with van der Waals surface area (Å²) >= 11 is 0. The molecule has 0 N–H and O–H groups in total. The van der Waals surface area contributed by atoms with Gasteiger partial charge in [0.25, 0.3) is 0 Å². The van der Waals surface area contributed by atoms with Gasteiger partial charge in [0.05, 0.1) is 0 Å². The first-order valence-corrected chi connectivity index (χ1v) is 7.50. The first-order chi connectivity index (χ1) is 9.81. The lowest BCUT2D eigenvalue weighted by atomic mass is 9.71. The molecule has 20 heavy (non-hydrogen) atoms. The summed E-state index contributed by atoms with van der Waals surface area (Å²) in [5, 5.41) is 0. The van der Waals surface area contributed by atoms with Gasteiger partial charge in [0.2, 0.25) is 6.79 Å². The standard InChI is InChI=1S/C16H17NO3/c18-13-2-1-10-12-6-15-14(19-8-20-15)5-9(12)7-17-4-3-11(13)16(10)17/h5-6,10-11,16H,1-4,7-8H2/t10-,11+,16-/m1/s1. The zero-order valence-electron chi connectivity index (χ0n) is 11.3. The van der Waals surface area contributed by atoms with Gasteiger partial charge in [0, 0.05) is 30.8 Å². The molecule has 3 heterocycles. The summed E-state index contributed by atoms with van der Waals surface area (Å²) in [6, 6.07) is 4.76. The molecule has 104 valence electrons. The zero-order chi connectivity index (χ0) is 13.3. The summed E-state index contributed by atoms with van der Waals surface area (Å²) in [6.45, 7) is 2.35. The molecule has 4 heteroatoms. The molecule has 0 amide bonds. The van der Waals surface area contributed by atoms with E-state index in [9.17, 15) is 4.79 Å². The van der Waals surface area contributed by atoms with Crippen molar-refractivity contribution < 1.29 is 14.3 Å². The lowest BCUT2D eigenvalue weighted by molar-refractivity contribution is -0.126. The minimum absolute atomic E-state index is 0.271. The van der Waals surface area contributed by atoms with Gasteiger partial charge in [0.1, 0.15) is 5.78 Å². The molecule has 3 aliphatic heterocycles. The number of carbonyl (C=O) groups is 1. The Morgan fingerprint density at radius 1 is 1.10 bits per heavy atom. The Labute approximate surface area is 117 Å². The molecule has 0 radical (unpaired) electrons. The number of carbonyl (C=O) groups excluding carboxylic acids is 1. The molecular weight excluding hydrogens is 254 g/mol. The van der Waals surface area contributed by atoms with Gasteiger partial charge in [0.15, 0.2) is 11.5 Å². The quantitative estimate of drug-likeness (QED) is 0.724. The van der Waals surface area contributed by atoms with Crippen LogP contribution in [0.4, 0.5) is 0 Å². The van der Waals surface area contributed by atoms with Crippen molar-refractivity contribution in [3.8, 4) is 11.5 Å². The Bertz CT molecular complexity index is 612. The summed E-state index contributed by atoms with van der Waals surface area (Å²) < 4.78 is 11.0. The second-order valence-electron chi connectivity index (χ2n) is 6.37. The number of ketones is 1. The number of benzene rings is 1. The van der Waals surface area contributed by atoms with Crippen LogP contribution in [0.5, 0.6) is 11.5 Å². The van der Waals surface area contributed by atoms with Gasteiger partial charge in [-0.1, -0.05) is 0 Å². The lowest BCUT2D eigenvalue weighted by Gasteiger charge is -2.43. The van der Waals surface area contributed by atoms with Crippen LogP contribution in [-0.4, -0.2) is 30.1 Å². The van der Waals surface area contributed by atoms with Crippen molar-refractivity contribution in [2.24, 2.45) is 5.92 Å². The fraction of sp³-hybridized carbons (Fsp3) is 0.562. The highest BCUT2D eigenvalue weighted by Gasteiger charge is 2.49. The minimum atomic E-state index is 0.271. The predicted molar refractivity (Wildman–Crippen MR) is 71.9 cm³/mol. The van der Waals surface area contributed by atoms with Crippen LogP contribution in [0.2, 0.25) is 0 Å². The summed E-state index contributed by atoms with van der Waals surface area (Å²) in [7, 11) is 0. The van der Waals surface area contributed by atoms with Crippen LogP contribution in [0.15, 0.2) is 12.1 Å². The highest BCUT2D eigenvalue weighted by molar-refractivity contribution is 5.83. The number of Topliss-reactive ketones (excluding diaryl/α,β-unsaturated/α-hetero) is 1. The van der Waals surface area contributed by atoms with E-state index in [1.165, 1.54) is 11.1 Å². The molecule has 0 aromatic heterocycles. The molecule has 5 rings (SSSR count). The van der Waals surface area contributed by atoms with E-state index in [1.54, 1.807) is 0 Å². The van der Waals surface area contributed by atoms with Crippen LogP contribution < -0.4 is 9.47 Å². The smallest absolute Gasteiger partial charge is 0.231 e. The summed E-state index contributed by atoms with van der Waals surface area (Å²) in [6.07, 6.45) is 2.78. The molecule has 0 bridgehead atoms. The van der Waals surface area contributed by atoms with Gasteiger partial charge < -0.3 is 9.47 Å². The topological polar surface area (TPSA) is 38.8 Å². The van der Waals surface area contributed by atoms with Crippen LogP contribution in [0.25, 0.3) is 0 Å². The monoisotopic (exact) mass is 271 g/mol. The maximum Gasteiger partial charge on any atom is 0.231 e. The highest BCUT2D eigenvalue weighted by Crippen LogP contribution is 2.50. The van der Waals surface area contributed by atoms with Crippen molar-refractivity contribution in [2.75, 3.05) is 13.3 Å². The van der Waals surface area contributed by atoms with Crippen LogP contribution in [-0.2, 0) is 11.3 Å². The number of hydrogen-bond donors (Lipinski definition) is 0. The van der Waals surface area contributed by atoms with Gasteiger partial charge >= 0.3 is 0 Å². The molecule has 2 fully saturated rings. The third kappa shape index (κ3) is 1.32. The van der Waals surface area contributed by atoms with Crippen LogP contribution in [0, 0.1) is 5.92 Å². The Morgan fingerprint density at radius 2 is 1.95 bits per heavy atom. The molecule has 0 spiro atoms. The third-order valence-corrected chi connectivity index (χ3v) is 5.50. The van der Waals surface area contributed by atoms with Crippen molar-refractivity contribution in [1.29, 1.82) is 0 Å². The normalized spacial score (nSPS) is 34.0. The molecule has 1 aliphatic carbocycles. The molecule has 1 aromatic carbocycles. The number of fused-ring (bicyclic) bond motifs is 3. The number of rotatable bonds is 0. The summed E-state index contributed by atoms with van der Waals surface area (Å²) in [4.78, 5) is 14.6. The summed E-state index contributed by atoms with van der Waals surface area (Å²) in [5.74, 6) is 3.01. The van der Waals surface area contributed by atoms with Gasteiger partial charge in [-0.3, -0.25) is 9.69 Å². The highest BCUT2D eigenvalue weighted by atomic mass is 16.7. The van der Waals surface area contributed by atoms with Crippen molar-refractivity contribution in [3.05, 3.63) is 23.3 Å².